The van der Waals surface area contributed by atoms with Crippen molar-refractivity contribution in [1.82, 2.24) is 5.32 Å². The highest BCUT2D eigenvalue weighted by Crippen LogP contribution is 2.38. The number of ether oxygens (including phenoxy) is 2. The first kappa shape index (κ1) is 16.4. The van der Waals surface area contributed by atoms with Crippen molar-refractivity contribution in [3.63, 3.8) is 0 Å². The highest BCUT2D eigenvalue weighted by molar-refractivity contribution is 5.93. The lowest BCUT2D eigenvalue weighted by atomic mass is 9.89. The fourth-order valence-electron chi connectivity index (χ4n) is 3.98. The molecule has 2 unspecified atom stereocenters. The molecule has 4 rings (SSSR count). The van der Waals surface area contributed by atoms with E-state index in [9.17, 15) is 4.79 Å². The second-order valence-electron chi connectivity index (χ2n) is 6.56. The third kappa shape index (κ3) is 3.56. The number of amides is 1. The molecule has 1 amide bonds. The van der Waals surface area contributed by atoms with Crippen LogP contribution in [0.3, 0.4) is 0 Å². The van der Waals surface area contributed by atoms with Gasteiger partial charge in [-0.15, -0.1) is 12.4 Å². The van der Waals surface area contributed by atoms with Crippen LogP contribution in [-0.2, 0) is 4.79 Å². The number of hydrogen-bond acceptors (Lipinski definition) is 4. The molecule has 0 aromatic heterocycles. The molecule has 0 aliphatic carbocycles. The minimum absolute atomic E-state index is 0. The Labute approximate surface area is 142 Å². The zero-order valence-electron chi connectivity index (χ0n) is 13.0. The van der Waals surface area contributed by atoms with Gasteiger partial charge in [-0.1, -0.05) is 6.07 Å². The maximum absolute atomic E-state index is 12.4. The summed E-state index contributed by atoms with van der Waals surface area (Å²) in [7, 11) is 0. The number of nitrogens with one attached hydrogen (secondary N) is 2. The molecule has 1 aromatic carbocycles. The van der Waals surface area contributed by atoms with Gasteiger partial charge in [0.2, 0.25) is 5.91 Å². The molecule has 0 saturated carbocycles. The van der Waals surface area contributed by atoms with Gasteiger partial charge in [-0.2, -0.15) is 0 Å². The number of benzene rings is 1. The van der Waals surface area contributed by atoms with Crippen LogP contribution in [0.25, 0.3) is 0 Å². The molecule has 5 nitrogen and oxygen atoms in total. The third-order valence-corrected chi connectivity index (χ3v) is 4.89. The van der Waals surface area contributed by atoms with Gasteiger partial charge in [0.1, 0.15) is 13.2 Å². The van der Waals surface area contributed by atoms with Crippen molar-refractivity contribution in [3.05, 3.63) is 18.2 Å². The number of para-hydroxylation sites is 1. The van der Waals surface area contributed by atoms with Crippen LogP contribution in [0.4, 0.5) is 5.69 Å². The Morgan fingerprint density at radius 3 is 2.70 bits per heavy atom. The Morgan fingerprint density at radius 2 is 1.91 bits per heavy atom. The van der Waals surface area contributed by atoms with Gasteiger partial charge < -0.3 is 20.1 Å². The van der Waals surface area contributed by atoms with Crippen LogP contribution in [0, 0.1) is 5.92 Å². The standard InChI is InChI=1S/C17H22N2O3.ClH/c20-16(10-11-8-12-4-5-13(9-11)18-12)19-14-2-1-3-15-17(14)22-7-6-21-15;/h1-3,11-13,18H,4-10H2,(H,19,20);1H. The molecule has 0 spiro atoms. The van der Waals surface area contributed by atoms with Crippen LogP contribution in [0.1, 0.15) is 32.1 Å². The van der Waals surface area contributed by atoms with Gasteiger partial charge in [0.25, 0.3) is 0 Å². The number of rotatable bonds is 3. The zero-order chi connectivity index (χ0) is 14.9. The molecule has 1 aromatic rings. The number of halogens is 1. The number of carbonyl (C=O) groups is 1. The van der Waals surface area contributed by atoms with Gasteiger partial charge in [-0.3, -0.25) is 4.79 Å². The summed E-state index contributed by atoms with van der Waals surface area (Å²) in [6.45, 7) is 1.08. The summed E-state index contributed by atoms with van der Waals surface area (Å²) in [5.41, 5.74) is 0.721. The molecule has 2 atom stereocenters. The van der Waals surface area contributed by atoms with E-state index < -0.39 is 0 Å². The van der Waals surface area contributed by atoms with Gasteiger partial charge in [0, 0.05) is 18.5 Å². The van der Waals surface area contributed by atoms with Gasteiger partial charge >= 0.3 is 0 Å². The Morgan fingerprint density at radius 1 is 1.17 bits per heavy atom. The number of fused-ring (bicyclic) bond motifs is 3. The van der Waals surface area contributed by atoms with Crippen LogP contribution >= 0.6 is 12.4 Å². The van der Waals surface area contributed by atoms with E-state index in [0.29, 0.717) is 49.1 Å². The van der Waals surface area contributed by atoms with Crippen molar-refractivity contribution in [2.75, 3.05) is 18.5 Å². The molecule has 2 bridgehead atoms. The van der Waals surface area contributed by atoms with Crippen LogP contribution in [0.2, 0.25) is 0 Å². The van der Waals surface area contributed by atoms with Crippen molar-refractivity contribution < 1.29 is 14.3 Å². The first-order valence-electron chi connectivity index (χ1n) is 8.22. The normalized spacial score (nSPS) is 27.9. The molecule has 6 heteroatoms. The van der Waals surface area contributed by atoms with Gasteiger partial charge in [-0.05, 0) is 43.7 Å². The Bertz CT molecular complexity index is 569. The van der Waals surface area contributed by atoms with Crippen LogP contribution in [0.5, 0.6) is 11.5 Å². The summed E-state index contributed by atoms with van der Waals surface area (Å²) in [5.74, 6) is 1.95. The molecular formula is C17H23ClN2O3. The first-order valence-corrected chi connectivity index (χ1v) is 8.22. The summed E-state index contributed by atoms with van der Waals surface area (Å²) in [5, 5.41) is 6.62. The fraction of sp³-hybridized carbons (Fsp3) is 0.588. The zero-order valence-corrected chi connectivity index (χ0v) is 13.9. The average molecular weight is 339 g/mol. The summed E-state index contributed by atoms with van der Waals surface area (Å²) in [6, 6.07) is 6.87. The van der Waals surface area contributed by atoms with E-state index in [1.807, 2.05) is 18.2 Å². The average Bonchev–Trinajstić information content (AvgIpc) is 2.86. The van der Waals surface area contributed by atoms with Crippen molar-refractivity contribution >= 4 is 24.0 Å². The molecule has 3 heterocycles. The lowest BCUT2D eigenvalue weighted by Crippen LogP contribution is -2.39. The van der Waals surface area contributed by atoms with Crippen molar-refractivity contribution in [3.8, 4) is 11.5 Å². The SMILES string of the molecule is Cl.O=C(CC1CC2CCC(C1)N2)Nc1cccc2c1OCCO2. The van der Waals surface area contributed by atoms with Gasteiger partial charge in [0.15, 0.2) is 11.5 Å². The van der Waals surface area contributed by atoms with Crippen molar-refractivity contribution in [2.45, 2.75) is 44.2 Å². The number of anilines is 1. The minimum atomic E-state index is 0. The smallest absolute Gasteiger partial charge is 0.224 e. The van der Waals surface area contributed by atoms with E-state index in [-0.39, 0.29) is 18.3 Å². The van der Waals surface area contributed by atoms with E-state index in [1.165, 1.54) is 12.8 Å². The number of carbonyl (C=O) groups excluding carboxylic acids is 1. The molecular weight excluding hydrogens is 316 g/mol. The molecule has 2 fully saturated rings. The van der Waals surface area contributed by atoms with Crippen LogP contribution in [-0.4, -0.2) is 31.2 Å². The van der Waals surface area contributed by atoms with E-state index >= 15 is 0 Å². The minimum Gasteiger partial charge on any atom is -0.486 e. The monoisotopic (exact) mass is 338 g/mol. The quantitative estimate of drug-likeness (QED) is 0.889. The summed E-state index contributed by atoms with van der Waals surface area (Å²) in [6.07, 6.45) is 5.37. The summed E-state index contributed by atoms with van der Waals surface area (Å²) in [4.78, 5) is 12.4. The Balaban J connectivity index is 0.00000156. The van der Waals surface area contributed by atoms with Crippen molar-refractivity contribution in [1.29, 1.82) is 0 Å². The predicted molar refractivity (Wildman–Crippen MR) is 90.6 cm³/mol. The molecule has 3 aliphatic rings. The summed E-state index contributed by atoms with van der Waals surface area (Å²) < 4.78 is 11.2. The largest absolute Gasteiger partial charge is 0.486 e. The second kappa shape index (κ2) is 6.97. The molecule has 0 radical (unpaired) electrons. The lowest BCUT2D eigenvalue weighted by Gasteiger charge is -2.28. The molecule has 2 N–H and O–H groups in total. The highest BCUT2D eigenvalue weighted by Gasteiger charge is 2.34. The maximum atomic E-state index is 12.4. The van der Waals surface area contributed by atoms with Crippen LogP contribution < -0.4 is 20.1 Å². The maximum Gasteiger partial charge on any atom is 0.224 e. The van der Waals surface area contributed by atoms with E-state index in [1.54, 1.807) is 0 Å². The molecule has 2 saturated heterocycles. The van der Waals surface area contributed by atoms with E-state index in [2.05, 4.69) is 10.6 Å². The third-order valence-electron chi connectivity index (χ3n) is 4.89. The predicted octanol–water partition coefficient (Wildman–Crippen LogP) is 2.74. The molecule has 23 heavy (non-hydrogen) atoms. The lowest BCUT2D eigenvalue weighted by molar-refractivity contribution is -0.117. The number of piperidine rings is 1. The van der Waals surface area contributed by atoms with Gasteiger partial charge in [0.05, 0.1) is 5.69 Å². The van der Waals surface area contributed by atoms with E-state index in [0.717, 1.165) is 18.5 Å². The second-order valence-corrected chi connectivity index (χ2v) is 6.56. The first-order chi connectivity index (χ1) is 10.8. The number of hydrogen-bond donors (Lipinski definition) is 2. The highest BCUT2D eigenvalue weighted by atomic mass is 35.5. The Kier molecular flexibility index (Phi) is 4.97. The summed E-state index contributed by atoms with van der Waals surface area (Å²) >= 11 is 0. The van der Waals surface area contributed by atoms with Gasteiger partial charge in [-0.25, -0.2) is 0 Å². The fourth-order valence-corrected chi connectivity index (χ4v) is 3.98. The molecule has 3 aliphatic heterocycles. The van der Waals surface area contributed by atoms with Crippen LogP contribution in [0.15, 0.2) is 18.2 Å². The van der Waals surface area contributed by atoms with Crippen molar-refractivity contribution in [2.24, 2.45) is 5.92 Å². The Hall–Kier alpha value is -1.46. The molecule has 126 valence electrons. The topological polar surface area (TPSA) is 59.6 Å². The van der Waals surface area contributed by atoms with E-state index in [4.69, 9.17) is 9.47 Å².